The van der Waals surface area contributed by atoms with Crippen LogP contribution in [0.4, 0.5) is 5.69 Å². The molecule has 0 spiro atoms. The molecule has 0 aliphatic heterocycles. The molecule has 1 aromatic rings. The van der Waals surface area contributed by atoms with Crippen LogP contribution in [-0.2, 0) is 11.3 Å². The third-order valence-corrected chi connectivity index (χ3v) is 2.76. The topological polar surface area (TPSA) is 41.1 Å². The van der Waals surface area contributed by atoms with Crippen LogP contribution in [0.25, 0.3) is 0 Å². The summed E-state index contributed by atoms with van der Waals surface area (Å²) in [7, 11) is 1.90. The van der Waals surface area contributed by atoms with Gasteiger partial charge in [0.15, 0.2) is 0 Å². The van der Waals surface area contributed by atoms with E-state index < -0.39 is 0 Å². The summed E-state index contributed by atoms with van der Waals surface area (Å²) in [5.74, 6) is 0.0912. The summed E-state index contributed by atoms with van der Waals surface area (Å²) in [6.45, 7) is 7.20. The van der Waals surface area contributed by atoms with Crippen LogP contribution in [0.15, 0.2) is 24.3 Å². The highest BCUT2D eigenvalue weighted by Gasteiger charge is 2.13. The van der Waals surface area contributed by atoms with E-state index in [1.54, 1.807) is 0 Å². The Morgan fingerprint density at radius 2 is 1.84 bits per heavy atom. The van der Waals surface area contributed by atoms with Gasteiger partial charge >= 0.3 is 0 Å². The van der Waals surface area contributed by atoms with Crippen LogP contribution in [0.2, 0.25) is 0 Å². The Kier molecular flexibility index (Phi) is 7.72. The molecule has 0 aromatic heterocycles. The molecule has 2 N–H and O–H groups in total. The average Bonchev–Trinajstić information content (AvgIpc) is 2.29. The molecule has 1 rings (SSSR count). The van der Waals surface area contributed by atoms with Crippen molar-refractivity contribution in [3.63, 3.8) is 0 Å². The predicted octanol–water partition coefficient (Wildman–Crippen LogP) is 3.59. The fourth-order valence-electron chi connectivity index (χ4n) is 1.69. The zero-order chi connectivity index (χ0) is 13.6. The number of halogens is 1. The number of nitrogens with one attached hydrogen (secondary N) is 2. The molecule has 0 unspecified atom stereocenters. The summed E-state index contributed by atoms with van der Waals surface area (Å²) >= 11 is 0. The van der Waals surface area contributed by atoms with Gasteiger partial charge in [-0.25, -0.2) is 0 Å². The zero-order valence-electron chi connectivity index (χ0n) is 12.2. The molecular formula is C15H25ClN2O. The number of amides is 1. The minimum absolute atomic E-state index is 0. The van der Waals surface area contributed by atoms with E-state index in [0.717, 1.165) is 24.2 Å². The van der Waals surface area contributed by atoms with E-state index in [2.05, 4.69) is 31.4 Å². The summed E-state index contributed by atoms with van der Waals surface area (Å²) in [6, 6.07) is 7.90. The molecule has 0 atom stereocenters. The average molecular weight is 285 g/mol. The van der Waals surface area contributed by atoms with E-state index >= 15 is 0 Å². The number of rotatable bonds is 5. The van der Waals surface area contributed by atoms with Crippen molar-refractivity contribution < 1.29 is 4.79 Å². The van der Waals surface area contributed by atoms with Gasteiger partial charge in [-0.3, -0.25) is 4.79 Å². The van der Waals surface area contributed by atoms with Crippen molar-refractivity contribution in [2.24, 2.45) is 5.41 Å². The number of benzene rings is 1. The molecule has 108 valence electrons. The number of carbonyl (C=O) groups is 1. The lowest BCUT2D eigenvalue weighted by molar-refractivity contribution is -0.116. The normalized spacial score (nSPS) is 10.7. The minimum atomic E-state index is 0. The van der Waals surface area contributed by atoms with E-state index in [4.69, 9.17) is 0 Å². The second-order valence-corrected chi connectivity index (χ2v) is 5.80. The highest BCUT2D eigenvalue weighted by molar-refractivity contribution is 5.91. The van der Waals surface area contributed by atoms with Gasteiger partial charge in [-0.1, -0.05) is 39.0 Å². The van der Waals surface area contributed by atoms with E-state index in [0.29, 0.717) is 6.42 Å². The molecule has 0 radical (unpaired) electrons. The van der Waals surface area contributed by atoms with Crippen molar-refractivity contribution in [1.29, 1.82) is 0 Å². The Morgan fingerprint density at radius 1 is 1.21 bits per heavy atom. The highest BCUT2D eigenvalue weighted by atomic mass is 35.5. The lowest BCUT2D eigenvalue weighted by Crippen LogP contribution is -2.17. The van der Waals surface area contributed by atoms with Crippen molar-refractivity contribution >= 4 is 24.0 Å². The molecular weight excluding hydrogens is 260 g/mol. The first kappa shape index (κ1) is 17.9. The fourth-order valence-corrected chi connectivity index (χ4v) is 1.69. The molecule has 0 heterocycles. The van der Waals surface area contributed by atoms with Gasteiger partial charge in [0.25, 0.3) is 0 Å². The predicted molar refractivity (Wildman–Crippen MR) is 83.8 cm³/mol. The highest BCUT2D eigenvalue weighted by Crippen LogP contribution is 2.21. The number of anilines is 1. The van der Waals surface area contributed by atoms with Crippen molar-refractivity contribution in [1.82, 2.24) is 5.32 Å². The maximum Gasteiger partial charge on any atom is 0.224 e. The van der Waals surface area contributed by atoms with Crippen LogP contribution in [0.5, 0.6) is 0 Å². The molecule has 3 nitrogen and oxygen atoms in total. The van der Waals surface area contributed by atoms with Crippen molar-refractivity contribution in [2.45, 2.75) is 40.2 Å². The maximum absolute atomic E-state index is 11.9. The van der Waals surface area contributed by atoms with Crippen molar-refractivity contribution in [2.75, 3.05) is 12.4 Å². The molecule has 4 heteroatoms. The molecule has 0 aliphatic rings. The molecule has 0 fully saturated rings. The monoisotopic (exact) mass is 284 g/mol. The number of hydrogen-bond donors (Lipinski definition) is 2. The van der Waals surface area contributed by atoms with Gasteiger partial charge in [0.05, 0.1) is 0 Å². The Hall–Kier alpha value is -1.06. The molecule has 0 bridgehead atoms. The van der Waals surface area contributed by atoms with Gasteiger partial charge in [0.2, 0.25) is 5.91 Å². The first-order valence-corrected chi connectivity index (χ1v) is 6.45. The second-order valence-electron chi connectivity index (χ2n) is 5.80. The lowest BCUT2D eigenvalue weighted by atomic mass is 9.90. The van der Waals surface area contributed by atoms with Crippen LogP contribution in [-0.4, -0.2) is 13.0 Å². The van der Waals surface area contributed by atoms with Crippen LogP contribution < -0.4 is 10.6 Å². The SMILES string of the molecule is CNCc1ccccc1NC(=O)CCC(C)(C)C.Cl. The smallest absolute Gasteiger partial charge is 0.224 e. The quantitative estimate of drug-likeness (QED) is 0.867. The summed E-state index contributed by atoms with van der Waals surface area (Å²) in [5.41, 5.74) is 2.22. The minimum Gasteiger partial charge on any atom is -0.326 e. The number of carbonyl (C=O) groups excluding carboxylic acids is 1. The van der Waals surface area contributed by atoms with E-state index in [-0.39, 0.29) is 23.7 Å². The van der Waals surface area contributed by atoms with Crippen molar-refractivity contribution in [3.05, 3.63) is 29.8 Å². The first-order chi connectivity index (χ1) is 8.42. The molecule has 0 saturated carbocycles. The Labute approximate surface area is 122 Å². The summed E-state index contributed by atoms with van der Waals surface area (Å²) < 4.78 is 0. The van der Waals surface area contributed by atoms with Gasteiger partial charge in [-0.15, -0.1) is 12.4 Å². The van der Waals surface area contributed by atoms with Crippen LogP contribution in [0, 0.1) is 5.41 Å². The van der Waals surface area contributed by atoms with Gasteiger partial charge in [0.1, 0.15) is 0 Å². The van der Waals surface area contributed by atoms with Gasteiger partial charge < -0.3 is 10.6 Å². The summed E-state index contributed by atoms with van der Waals surface area (Å²) in [5, 5.41) is 6.09. The number of para-hydroxylation sites is 1. The second kappa shape index (κ2) is 8.18. The third-order valence-electron chi connectivity index (χ3n) is 2.76. The molecule has 1 amide bonds. The molecule has 0 saturated heterocycles. The van der Waals surface area contributed by atoms with Crippen molar-refractivity contribution in [3.8, 4) is 0 Å². The fraction of sp³-hybridized carbons (Fsp3) is 0.533. The Bertz CT molecular complexity index is 399. The van der Waals surface area contributed by atoms with Crippen LogP contribution in [0.1, 0.15) is 39.2 Å². The zero-order valence-corrected chi connectivity index (χ0v) is 13.1. The molecule has 1 aromatic carbocycles. The van der Waals surface area contributed by atoms with Crippen LogP contribution >= 0.6 is 12.4 Å². The van der Waals surface area contributed by atoms with Gasteiger partial charge in [0, 0.05) is 18.7 Å². The molecule has 19 heavy (non-hydrogen) atoms. The Morgan fingerprint density at radius 3 is 2.42 bits per heavy atom. The van der Waals surface area contributed by atoms with Gasteiger partial charge in [-0.2, -0.15) is 0 Å². The summed E-state index contributed by atoms with van der Waals surface area (Å²) in [6.07, 6.45) is 1.46. The number of hydrogen-bond acceptors (Lipinski definition) is 2. The molecule has 0 aliphatic carbocycles. The standard InChI is InChI=1S/C15H24N2O.ClH/c1-15(2,3)10-9-14(18)17-13-8-6-5-7-12(13)11-16-4;/h5-8,16H,9-11H2,1-4H3,(H,17,18);1H. The first-order valence-electron chi connectivity index (χ1n) is 6.45. The van der Waals surface area contributed by atoms with Gasteiger partial charge in [-0.05, 0) is 30.5 Å². The van der Waals surface area contributed by atoms with Crippen LogP contribution in [0.3, 0.4) is 0 Å². The Balaban J connectivity index is 0.00000324. The summed E-state index contributed by atoms with van der Waals surface area (Å²) in [4.78, 5) is 11.9. The van der Waals surface area contributed by atoms with E-state index in [9.17, 15) is 4.79 Å². The third kappa shape index (κ3) is 7.19. The lowest BCUT2D eigenvalue weighted by Gasteiger charge is -2.18. The maximum atomic E-state index is 11.9. The van der Waals surface area contributed by atoms with E-state index in [1.807, 2.05) is 31.3 Å². The van der Waals surface area contributed by atoms with E-state index in [1.165, 1.54) is 0 Å². The largest absolute Gasteiger partial charge is 0.326 e.